The molecular weight excluding hydrogens is 256 g/mol. The minimum atomic E-state index is -1.27. The van der Waals surface area contributed by atoms with Crippen molar-refractivity contribution in [3.05, 3.63) is 39.1 Å². The lowest BCUT2D eigenvalue weighted by molar-refractivity contribution is -0.0525. The van der Waals surface area contributed by atoms with Crippen molar-refractivity contribution in [1.29, 1.82) is 0 Å². The Kier molecular flexibility index (Phi) is 3.72. The van der Waals surface area contributed by atoms with Gasteiger partial charge in [0.25, 0.3) is 5.56 Å². The maximum Gasteiger partial charge on any atom is 0.256 e. The summed E-state index contributed by atoms with van der Waals surface area (Å²) in [6.45, 7) is -0.454. The van der Waals surface area contributed by atoms with Crippen LogP contribution in [0, 0.1) is 0 Å². The maximum absolute atomic E-state index is 11.7. The Hall–Kier alpha value is -2.06. The van der Waals surface area contributed by atoms with Crippen molar-refractivity contribution in [2.75, 3.05) is 6.61 Å². The summed E-state index contributed by atoms with van der Waals surface area (Å²) in [5.41, 5.74) is 7.83. The predicted octanol–water partition coefficient (Wildman–Crippen LogP) is -0.517. The van der Waals surface area contributed by atoms with Gasteiger partial charge in [0, 0.05) is 17.2 Å². The minimum Gasteiger partial charge on any atom is -0.508 e. The van der Waals surface area contributed by atoms with Crippen LogP contribution in [0.5, 0.6) is 5.75 Å². The van der Waals surface area contributed by atoms with Crippen LogP contribution >= 0.6 is 0 Å². The third kappa shape index (κ3) is 2.40. The largest absolute Gasteiger partial charge is 0.508 e. The highest BCUT2D eigenvalue weighted by Gasteiger charge is 2.44. The first-order chi connectivity index (χ1) is 9.08. The van der Waals surface area contributed by atoms with E-state index in [1.165, 1.54) is 12.3 Å². The summed E-state index contributed by atoms with van der Waals surface area (Å²) in [5.74, 6) is -0.209. The number of aromatic hydroxyl groups is 1. The molecule has 1 saturated heterocycles. The molecule has 1 fully saturated rings. The van der Waals surface area contributed by atoms with Gasteiger partial charge in [-0.25, -0.2) is 0 Å². The molecule has 0 unspecified atom stereocenters. The third-order valence-corrected chi connectivity index (χ3v) is 2.91. The molecule has 1 aromatic rings. The van der Waals surface area contributed by atoms with E-state index >= 15 is 0 Å². The van der Waals surface area contributed by atoms with Gasteiger partial charge in [-0.3, -0.25) is 9.36 Å². The van der Waals surface area contributed by atoms with E-state index in [1.54, 1.807) is 0 Å². The second-order valence-electron chi connectivity index (χ2n) is 4.06. The van der Waals surface area contributed by atoms with Crippen LogP contribution in [0.4, 0.5) is 0 Å². The summed E-state index contributed by atoms with van der Waals surface area (Å²) in [5, 5.41) is 31.6. The molecule has 0 bridgehead atoms. The lowest BCUT2D eigenvalue weighted by Crippen LogP contribution is -2.33. The van der Waals surface area contributed by atoms with Gasteiger partial charge in [0.05, 0.1) is 18.8 Å². The van der Waals surface area contributed by atoms with Crippen molar-refractivity contribution in [3.8, 4) is 5.75 Å². The van der Waals surface area contributed by atoms with E-state index < -0.39 is 36.6 Å². The van der Waals surface area contributed by atoms with E-state index in [2.05, 4.69) is 10.0 Å². The molecule has 1 aliphatic rings. The molecule has 1 aliphatic heterocycles. The van der Waals surface area contributed by atoms with Gasteiger partial charge in [0.15, 0.2) is 6.23 Å². The summed E-state index contributed by atoms with van der Waals surface area (Å²) in [6.07, 6.45) is -1.99. The van der Waals surface area contributed by atoms with Crippen LogP contribution in [0.3, 0.4) is 0 Å². The number of nitrogens with zero attached hydrogens (tertiary/aromatic N) is 4. The van der Waals surface area contributed by atoms with Gasteiger partial charge in [-0.1, -0.05) is 5.11 Å². The van der Waals surface area contributed by atoms with E-state index in [0.29, 0.717) is 0 Å². The number of pyridine rings is 1. The zero-order valence-corrected chi connectivity index (χ0v) is 9.70. The zero-order chi connectivity index (χ0) is 14.0. The van der Waals surface area contributed by atoms with Crippen LogP contribution in [-0.2, 0) is 4.74 Å². The van der Waals surface area contributed by atoms with Crippen LogP contribution in [0.1, 0.15) is 6.23 Å². The molecule has 0 saturated carbocycles. The average Bonchev–Trinajstić information content (AvgIpc) is 2.68. The highest BCUT2D eigenvalue weighted by Crippen LogP contribution is 2.30. The quantitative estimate of drug-likeness (QED) is 0.384. The molecule has 102 valence electrons. The first-order valence-electron chi connectivity index (χ1n) is 5.48. The highest BCUT2D eigenvalue weighted by molar-refractivity contribution is 5.16. The number of aliphatic hydroxyl groups is 2. The zero-order valence-electron chi connectivity index (χ0n) is 9.70. The second kappa shape index (κ2) is 5.29. The van der Waals surface area contributed by atoms with Crippen LogP contribution < -0.4 is 5.56 Å². The van der Waals surface area contributed by atoms with E-state index in [1.807, 2.05) is 0 Å². The number of aliphatic hydroxyl groups excluding tert-OH is 2. The fraction of sp³-hybridized carbons (Fsp3) is 0.500. The third-order valence-electron chi connectivity index (χ3n) is 2.91. The fourth-order valence-corrected chi connectivity index (χ4v) is 2.00. The van der Waals surface area contributed by atoms with Gasteiger partial charge in [-0.15, -0.1) is 0 Å². The lowest BCUT2D eigenvalue weighted by Gasteiger charge is -2.17. The van der Waals surface area contributed by atoms with E-state index in [-0.39, 0.29) is 5.75 Å². The van der Waals surface area contributed by atoms with Gasteiger partial charge in [0.2, 0.25) is 0 Å². The van der Waals surface area contributed by atoms with E-state index in [0.717, 1.165) is 10.6 Å². The molecule has 9 nitrogen and oxygen atoms in total. The molecule has 0 amide bonds. The van der Waals surface area contributed by atoms with Crippen molar-refractivity contribution in [2.45, 2.75) is 24.5 Å². The molecule has 0 spiro atoms. The fourth-order valence-electron chi connectivity index (χ4n) is 2.00. The van der Waals surface area contributed by atoms with Gasteiger partial charge in [0.1, 0.15) is 11.9 Å². The standard InChI is InChI=1S/C10H12N4O5/c11-13-12-8-6(4-15)19-10(9(8)18)14-2-1-5(16)3-7(14)17/h1-3,6,8-10,15-16,18H,4H2/t6-,8-,9-,10-/m1/s1. The minimum absolute atomic E-state index is 0.209. The summed E-state index contributed by atoms with van der Waals surface area (Å²) in [6, 6.07) is 1.23. The number of azide groups is 1. The number of rotatable bonds is 3. The predicted molar refractivity (Wildman–Crippen MR) is 62.3 cm³/mol. The van der Waals surface area contributed by atoms with Crippen molar-refractivity contribution < 1.29 is 20.1 Å². The van der Waals surface area contributed by atoms with Crippen LogP contribution in [0.25, 0.3) is 10.4 Å². The van der Waals surface area contributed by atoms with Crippen LogP contribution in [0.2, 0.25) is 0 Å². The lowest BCUT2D eigenvalue weighted by atomic mass is 10.1. The normalized spacial score (nSPS) is 30.0. The number of ether oxygens (including phenoxy) is 1. The molecule has 0 radical (unpaired) electrons. The van der Waals surface area contributed by atoms with Crippen molar-refractivity contribution in [3.63, 3.8) is 0 Å². The number of aromatic nitrogens is 1. The second-order valence-corrected chi connectivity index (χ2v) is 4.06. The molecule has 1 aromatic heterocycles. The van der Waals surface area contributed by atoms with E-state index in [4.69, 9.17) is 20.5 Å². The monoisotopic (exact) mass is 268 g/mol. The van der Waals surface area contributed by atoms with Gasteiger partial charge >= 0.3 is 0 Å². The molecular formula is C10H12N4O5. The summed E-state index contributed by atoms with van der Waals surface area (Å²) in [4.78, 5) is 14.3. The summed E-state index contributed by atoms with van der Waals surface area (Å²) in [7, 11) is 0. The Morgan fingerprint density at radius 3 is 2.89 bits per heavy atom. The first kappa shape index (κ1) is 13.4. The average molecular weight is 268 g/mol. The molecule has 19 heavy (non-hydrogen) atoms. The molecule has 2 rings (SSSR count). The molecule has 0 aliphatic carbocycles. The van der Waals surface area contributed by atoms with Gasteiger partial charge < -0.3 is 20.1 Å². The molecule has 2 heterocycles. The Morgan fingerprint density at radius 1 is 1.58 bits per heavy atom. The molecule has 3 N–H and O–H groups in total. The van der Waals surface area contributed by atoms with Crippen LogP contribution in [0.15, 0.2) is 28.2 Å². The Morgan fingerprint density at radius 2 is 2.32 bits per heavy atom. The van der Waals surface area contributed by atoms with Crippen molar-refractivity contribution >= 4 is 0 Å². The van der Waals surface area contributed by atoms with Gasteiger partial charge in [-0.2, -0.15) is 0 Å². The summed E-state index contributed by atoms with van der Waals surface area (Å²) >= 11 is 0. The Bertz CT molecular complexity index is 567. The SMILES string of the molecule is [N-]=[N+]=N[C@H]1[C@@H](O)[C@H](n2ccc(O)cc2=O)O[C@@H]1CO. The maximum atomic E-state index is 11.7. The highest BCUT2D eigenvalue weighted by atomic mass is 16.5. The molecule has 9 heteroatoms. The summed E-state index contributed by atoms with van der Waals surface area (Å²) < 4.78 is 6.37. The Labute approximate surface area is 106 Å². The number of hydrogen-bond acceptors (Lipinski definition) is 6. The topological polar surface area (TPSA) is 141 Å². The smallest absolute Gasteiger partial charge is 0.256 e. The number of hydrogen-bond donors (Lipinski definition) is 3. The molecule has 0 aromatic carbocycles. The Balaban J connectivity index is 2.36. The van der Waals surface area contributed by atoms with Crippen LogP contribution in [-0.4, -0.2) is 44.7 Å². The van der Waals surface area contributed by atoms with Gasteiger partial charge in [-0.05, 0) is 11.6 Å². The van der Waals surface area contributed by atoms with Crippen molar-refractivity contribution in [1.82, 2.24) is 4.57 Å². The molecule has 4 atom stereocenters. The van der Waals surface area contributed by atoms with Crippen molar-refractivity contribution in [2.24, 2.45) is 5.11 Å². The first-order valence-corrected chi connectivity index (χ1v) is 5.48. The van der Waals surface area contributed by atoms with E-state index in [9.17, 15) is 9.90 Å².